The summed E-state index contributed by atoms with van der Waals surface area (Å²) in [6, 6.07) is 9.35. The van der Waals surface area contributed by atoms with E-state index in [1.165, 1.54) is 0 Å². The van der Waals surface area contributed by atoms with Gasteiger partial charge in [-0.2, -0.15) is 0 Å². The van der Waals surface area contributed by atoms with Crippen molar-refractivity contribution in [1.82, 2.24) is 10.2 Å². The number of carboxylic acid groups (broad SMARTS) is 1. The molecule has 0 radical (unpaired) electrons. The number of amides is 2. The molecule has 0 saturated heterocycles. The van der Waals surface area contributed by atoms with Crippen molar-refractivity contribution in [3.05, 3.63) is 35.9 Å². The summed E-state index contributed by atoms with van der Waals surface area (Å²) < 4.78 is 0. The van der Waals surface area contributed by atoms with Crippen LogP contribution in [-0.4, -0.2) is 34.1 Å². The SMILES string of the molecule is CC(C)(C)N(CCC(=O)O)C(=O)NCc1ccccc1. The summed E-state index contributed by atoms with van der Waals surface area (Å²) in [5, 5.41) is 11.6. The van der Waals surface area contributed by atoms with E-state index in [9.17, 15) is 9.59 Å². The second-order valence-corrected chi connectivity index (χ2v) is 5.61. The monoisotopic (exact) mass is 278 g/mol. The molecule has 0 aliphatic rings. The van der Waals surface area contributed by atoms with Gasteiger partial charge in [-0.25, -0.2) is 4.79 Å². The van der Waals surface area contributed by atoms with Crippen LogP contribution in [0.15, 0.2) is 30.3 Å². The van der Waals surface area contributed by atoms with Gasteiger partial charge < -0.3 is 15.3 Å². The lowest BCUT2D eigenvalue weighted by Gasteiger charge is -2.35. The Balaban J connectivity index is 2.61. The maximum Gasteiger partial charge on any atom is 0.318 e. The van der Waals surface area contributed by atoms with Crippen LogP contribution in [-0.2, 0) is 11.3 Å². The number of carbonyl (C=O) groups excluding carboxylic acids is 1. The average Bonchev–Trinajstić information content (AvgIpc) is 2.35. The van der Waals surface area contributed by atoms with Crippen LogP contribution in [0.3, 0.4) is 0 Å². The van der Waals surface area contributed by atoms with Crippen LogP contribution < -0.4 is 5.32 Å². The van der Waals surface area contributed by atoms with Gasteiger partial charge in [0, 0.05) is 18.6 Å². The van der Waals surface area contributed by atoms with Gasteiger partial charge in [0.1, 0.15) is 0 Å². The van der Waals surface area contributed by atoms with E-state index in [-0.39, 0.29) is 19.0 Å². The lowest BCUT2D eigenvalue weighted by Crippen LogP contribution is -2.50. The second-order valence-electron chi connectivity index (χ2n) is 5.61. The topological polar surface area (TPSA) is 69.6 Å². The number of hydrogen-bond donors (Lipinski definition) is 2. The number of carbonyl (C=O) groups is 2. The van der Waals surface area contributed by atoms with Gasteiger partial charge >= 0.3 is 12.0 Å². The van der Waals surface area contributed by atoms with E-state index in [0.29, 0.717) is 6.54 Å². The molecule has 0 atom stereocenters. The zero-order valence-corrected chi connectivity index (χ0v) is 12.2. The predicted molar refractivity (Wildman–Crippen MR) is 77.4 cm³/mol. The molecule has 0 aromatic heterocycles. The van der Waals surface area contributed by atoms with Crippen molar-refractivity contribution in [2.45, 2.75) is 39.3 Å². The molecule has 0 unspecified atom stereocenters. The maximum atomic E-state index is 12.2. The van der Waals surface area contributed by atoms with Crippen LogP contribution in [0.4, 0.5) is 4.79 Å². The zero-order chi connectivity index (χ0) is 15.2. The van der Waals surface area contributed by atoms with Crippen LogP contribution in [0.5, 0.6) is 0 Å². The van der Waals surface area contributed by atoms with Gasteiger partial charge in [-0.05, 0) is 26.3 Å². The third kappa shape index (κ3) is 5.30. The van der Waals surface area contributed by atoms with E-state index in [1.54, 1.807) is 4.90 Å². The first-order valence-corrected chi connectivity index (χ1v) is 6.62. The molecule has 0 heterocycles. The predicted octanol–water partition coefficient (Wildman–Crippen LogP) is 2.47. The van der Waals surface area contributed by atoms with E-state index < -0.39 is 11.5 Å². The Labute approximate surface area is 119 Å². The number of nitrogens with one attached hydrogen (secondary N) is 1. The van der Waals surface area contributed by atoms with E-state index in [4.69, 9.17) is 5.11 Å². The van der Waals surface area contributed by atoms with Crippen molar-refractivity contribution in [2.75, 3.05) is 6.54 Å². The highest BCUT2D eigenvalue weighted by atomic mass is 16.4. The first-order chi connectivity index (χ1) is 9.30. The summed E-state index contributed by atoms with van der Waals surface area (Å²) in [7, 11) is 0. The molecule has 5 nitrogen and oxygen atoms in total. The molecular formula is C15H22N2O3. The van der Waals surface area contributed by atoms with Gasteiger partial charge in [-0.3, -0.25) is 4.79 Å². The first kappa shape index (κ1) is 16.0. The van der Waals surface area contributed by atoms with E-state index >= 15 is 0 Å². The van der Waals surface area contributed by atoms with Gasteiger partial charge in [0.25, 0.3) is 0 Å². The summed E-state index contributed by atoms with van der Waals surface area (Å²) in [4.78, 5) is 24.4. The number of hydrogen-bond acceptors (Lipinski definition) is 2. The fourth-order valence-corrected chi connectivity index (χ4v) is 1.82. The van der Waals surface area contributed by atoms with Gasteiger partial charge in [0.05, 0.1) is 6.42 Å². The minimum Gasteiger partial charge on any atom is -0.481 e. The molecule has 0 saturated carbocycles. The summed E-state index contributed by atoms with van der Waals surface area (Å²) in [6.07, 6.45) is -0.0595. The quantitative estimate of drug-likeness (QED) is 0.869. The van der Waals surface area contributed by atoms with Gasteiger partial charge in [-0.1, -0.05) is 30.3 Å². The molecule has 5 heteroatoms. The summed E-state index contributed by atoms with van der Waals surface area (Å²) >= 11 is 0. The highest BCUT2D eigenvalue weighted by molar-refractivity contribution is 5.76. The average molecular weight is 278 g/mol. The maximum absolute atomic E-state index is 12.2. The van der Waals surface area contributed by atoms with E-state index in [1.807, 2.05) is 51.1 Å². The van der Waals surface area contributed by atoms with Crippen molar-refractivity contribution in [3.8, 4) is 0 Å². The molecule has 0 fully saturated rings. The third-order valence-corrected chi connectivity index (χ3v) is 2.89. The number of aliphatic carboxylic acids is 1. The summed E-state index contributed by atoms with van der Waals surface area (Å²) in [5.41, 5.74) is 0.587. The minimum atomic E-state index is -0.907. The Morgan fingerprint density at radius 3 is 2.30 bits per heavy atom. The highest BCUT2D eigenvalue weighted by Gasteiger charge is 2.26. The first-order valence-electron chi connectivity index (χ1n) is 6.62. The minimum absolute atomic E-state index is 0.0595. The smallest absolute Gasteiger partial charge is 0.318 e. The summed E-state index contributed by atoms with van der Waals surface area (Å²) in [5.74, 6) is -0.907. The molecular weight excluding hydrogens is 256 g/mol. The van der Waals surface area contributed by atoms with Crippen molar-refractivity contribution in [2.24, 2.45) is 0 Å². The zero-order valence-electron chi connectivity index (χ0n) is 12.2. The van der Waals surface area contributed by atoms with E-state index in [0.717, 1.165) is 5.56 Å². The molecule has 0 aliphatic heterocycles. The van der Waals surface area contributed by atoms with Crippen LogP contribution in [0.25, 0.3) is 0 Å². The Morgan fingerprint density at radius 2 is 1.80 bits per heavy atom. The standard InChI is InChI=1S/C15H22N2O3/c1-15(2,3)17(10-9-13(18)19)14(20)16-11-12-7-5-4-6-8-12/h4-8H,9-11H2,1-3H3,(H,16,20)(H,18,19). The Kier molecular flexibility index (Phi) is 5.55. The fourth-order valence-electron chi connectivity index (χ4n) is 1.82. The van der Waals surface area contributed by atoms with Crippen LogP contribution in [0, 0.1) is 0 Å². The molecule has 1 aromatic carbocycles. The van der Waals surface area contributed by atoms with E-state index in [2.05, 4.69) is 5.32 Å². The van der Waals surface area contributed by atoms with Crippen LogP contribution in [0.1, 0.15) is 32.8 Å². The molecule has 110 valence electrons. The normalized spacial score (nSPS) is 10.9. The molecule has 2 amide bonds. The van der Waals surface area contributed by atoms with Crippen LogP contribution >= 0.6 is 0 Å². The Bertz CT molecular complexity index is 452. The fraction of sp³-hybridized carbons (Fsp3) is 0.467. The molecule has 1 rings (SSSR count). The molecule has 1 aromatic rings. The van der Waals surface area contributed by atoms with Crippen molar-refractivity contribution in [3.63, 3.8) is 0 Å². The molecule has 0 aliphatic carbocycles. The Hall–Kier alpha value is -2.04. The number of urea groups is 1. The van der Waals surface area contributed by atoms with Crippen molar-refractivity contribution < 1.29 is 14.7 Å². The number of benzene rings is 1. The second kappa shape index (κ2) is 6.93. The van der Waals surface area contributed by atoms with Crippen molar-refractivity contribution in [1.29, 1.82) is 0 Å². The van der Waals surface area contributed by atoms with Crippen molar-refractivity contribution >= 4 is 12.0 Å². The van der Waals surface area contributed by atoms with Gasteiger partial charge in [0.2, 0.25) is 0 Å². The van der Waals surface area contributed by atoms with Gasteiger partial charge in [-0.15, -0.1) is 0 Å². The molecule has 0 spiro atoms. The third-order valence-electron chi connectivity index (χ3n) is 2.89. The lowest BCUT2D eigenvalue weighted by molar-refractivity contribution is -0.137. The molecule has 0 bridgehead atoms. The van der Waals surface area contributed by atoms with Gasteiger partial charge in [0.15, 0.2) is 0 Å². The molecule has 20 heavy (non-hydrogen) atoms. The Morgan fingerprint density at radius 1 is 1.20 bits per heavy atom. The lowest BCUT2D eigenvalue weighted by atomic mass is 10.1. The highest BCUT2D eigenvalue weighted by Crippen LogP contribution is 2.14. The number of rotatable bonds is 5. The number of carboxylic acids is 1. The summed E-state index contributed by atoms with van der Waals surface area (Å²) in [6.45, 7) is 6.28. The number of nitrogens with zero attached hydrogens (tertiary/aromatic N) is 1. The largest absolute Gasteiger partial charge is 0.481 e. The molecule has 2 N–H and O–H groups in total. The van der Waals surface area contributed by atoms with Crippen LogP contribution in [0.2, 0.25) is 0 Å².